The molecule has 2 N–H and O–H groups in total. The summed E-state index contributed by atoms with van der Waals surface area (Å²) in [5.74, 6) is -1.15. The van der Waals surface area contributed by atoms with Crippen LogP contribution in [0.3, 0.4) is 0 Å². The SMILES string of the molecule is CC[C@@](O)(C(=O)O)C(C)(C)C. The molecule has 3 heteroatoms. The predicted molar refractivity (Wildman–Crippen MR) is 42.3 cm³/mol. The van der Waals surface area contributed by atoms with E-state index in [0.29, 0.717) is 0 Å². The summed E-state index contributed by atoms with van der Waals surface area (Å²) in [7, 11) is 0. The summed E-state index contributed by atoms with van der Waals surface area (Å²) in [4.78, 5) is 10.6. The lowest BCUT2D eigenvalue weighted by atomic mass is 9.75. The molecule has 0 heterocycles. The molecule has 0 saturated carbocycles. The minimum absolute atomic E-state index is 0.228. The van der Waals surface area contributed by atoms with Crippen molar-refractivity contribution < 1.29 is 15.0 Å². The number of carboxylic acids is 1. The number of carboxylic acid groups (broad SMARTS) is 1. The molecule has 66 valence electrons. The van der Waals surface area contributed by atoms with Crippen LogP contribution in [0.1, 0.15) is 34.1 Å². The van der Waals surface area contributed by atoms with Gasteiger partial charge < -0.3 is 10.2 Å². The summed E-state index contributed by atoms with van der Waals surface area (Å²) < 4.78 is 0. The van der Waals surface area contributed by atoms with Crippen LogP contribution in [0.15, 0.2) is 0 Å². The zero-order chi connectivity index (χ0) is 9.28. The van der Waals surface area contributed by atoms with Gasteiger partial charge in [0.15, 0.2) is 5.60 Å². The lowest BCUT2D eigenvalue weighted by Gasteiger charge is -2.35. The Labute approximate surface area is 67.0 Å². The van der Waals surface area contributed by atoms with Crippen LogP contribution in [0, 0.1) is 5.41 Å². The quantitative estimate of drug-likeness (QED) is 0.639. The van der Waals surface area contributed by atoms with Gasteiger partial charge in [0.25, 0.3) is 0 Å². The second-order valence-electron chi connectivity index (χ2n) is 3.77. The molecule has 0 unspecified atom stereocenters. The van der Waals surface area contributed by atoms with Crippen molar-refractivity contribution in [3.05, 3.63) is 0 Å². The van der Waals surface area contributed by atoms with Crippen LogP contribution < -0.4 is 0 Å². The Balaban J connectivity index is 4.75. The molecular formula is C8H16O3. The number of hydrogen-bond donors (Lipinski definition) is 2. The maximum atomic E-state index is 10.6. The Morgan fingerprint density at radius 3 is 1.73 bits per heavy atom. The van der Waals surface area contributed by atoms with Gasteiger partial charge in [-0.25, -0.2) is 4.79 Å². The smallest absolute Gasteiger partial charge is 0.336 e. The van der Waals surface area contributed by atoms with E-state index in [1.807, 2.05) is 0 Å². The fraction of sp³-hybridized carbons (Fsp3) is 0.875. The lowest BCUT2D eigenvalue weighted by Crippen LogP contribution is -2.49. The van der Waals surface area contributed by atoms with Crippen LogP contribution in [0.2, 0.25) is 0 Å². The molecule has 0 rings (SSSR count). The first-order chi connectivity index (χ1) is 4.75. The molecular weight excluding hydrogens is 144 g/mol. The van der Waals surface area contributed by atoms with Crippen molar-refractivity contribution in [2.45, 2.75) is 39.7 Å². The Hall–Kier alpha value is -0.570. The molecule has 0 aliphatic heterocycles. The molecule has 0 radical (unpaired) electrons. The van der Waals surface area contributed by atoms with Crippen molar-refractivity contribution in [1.82, 2.24) is 0 Å². The van der Waals surface area contributed by atoms with Gasteiger partial charge in [-0.05, 0) is 6.42 Å². The third kappa shape index (κ3) is 1.71. The van der Waals surface area contributed by atoms with Gasteiger partial charge in [-0.2, -0.15) is 0 Å². The number of rotatable bonds is 2. The molecule has 0 aliphatic rings. The highest BCUT2D eigenvalue weighted by Gasteiger charge is 2.45. The van der Waals surface area contributed by atoms with E-state index in [9.17, 15) is 9.90 Å². The van der Waals surface area contributed by atoms with E-state index in [1.165, 1.54) is 0 Å². The maximum Gasteiger partial charge on any atom is 0.336 e. The van der Waals surface area contributed by atoms with E-state index in [-0.39, 0.29) is 6.42 Å². The summed E-state index contributed by atoms with van der Waals surface area (Å²) >= 11 is 0. The molecule has 11 heavy (non-hydrogen) atoms. The average molecular weight is 160 g/mol. The number of carbonyl (C=O) groups is 1. The predicted octanol–water partition coefficient (Wildman–Crippen LogP) is 1.26. The van der Waals surface area contributed by atoms with E-state index in [4.69, 9.17) is 5.11 Å². The lowest BCUT2D eigenvalue weighted by molar-refractivity contribution is -0.171. The van der Waals surface area contributed by atoms with Gasteiger partial charge in [-0.1, -0.05) is 27.7 Å². The minimum atomic E-state index is -1.60. The third-order valence-electron chi connectivity index (χ3n) is 2.11. The van der Waals surface area contributed by atoms with Crippen molar-refractivity contribution in [2.24, 2.45) is 5.41 Å². The average Bonchev–Trinajstić information content (AvgIpc) is 1.83. The molecule has 0 amide bonds. The van der Waals surface area contributed by atoms with E-state index < -0.39 is 17.0 Å². The van der Waals surface area contributed by atoms with Crippen molar-refractivity contribution in [1.29, 1.82) is 0 Å². The molecule has 0 aliphatic carbocycles. The van der Waals surface area contributed by atoms with Gasteiger partial charge in [0.05, 0.1) is 0 Å². The first-order valence-corrected chi connectivity index (χ1v) is 3.71. The summed E-state index contributed by atoms with van der Waals surface area (Å²) in [6, 6.07) is 0. The van der Waals surface area contributed by atoms with Crippen LogP contribution in [-0.4, -0.2) is 21.8 Å². The zero-order valence-electron chi connectivity index (χ0n) is 7.51. The van der Waals surface area contributed by atoms with Crippen molar-refractivity contribution in [2.75, 3.05) is 0 Å². The summed E-state index contributed by atoms with van der Waals surface area (Å²) in [5.41, 5.74) is -2.22. The standard InChI is InChI=1S/C8H16O3/c1-5-8(11,6(9)10)7(2,3)4/h11H,5H2,1-4H3,(H,9,10)/t8-/m1/s1. The third-order valence-corrected chi connectivity index (χ3v) is 2.11. The van der Waals surface area contributed by atoms with Gasteiger partial charge in [-0.15, -0.1) is 0 Å². The highest BCUT2D eigenvalue weighted by molar-refractivity contribution is 5.78. The van der Waals surface area contributed by atoms with Crippen molar-refractivity contribution in [3.63, 3.8) is 0 Å². The monoisotopic (exact) mass is 160 g/mol. The molecule has 0 saturated heterocycles. The van der Waals surface area contributed by atoms with E-state index >= 15 is 0 Å². The van der Waals surface area contributed by atoms with E-state index in [1.54, 1.807) is 27.7 Å². The van der Waals surface area contributed by atoms with Crippen LogP contribution in [-0.2, 0) is 4.79 Å². The van der Waals surface area contributed by atoms with E-state index in [0.717, 1.165) is 0 Å². The number of aliphatic hydroxyl groups is 1. The van der Waals surface area contributed by atoms with Gasteiger partial charge in [0.1, 0.15) is 0 Å². The topological polar surface area (TPSA) is 57.5 Å². The molecule has 3 nitrogen and oxygen atoms in total. The van der Waals surface area contributed by atoms with Gasteiger partial charge in [-0.3, -0.25) is 0 Å². The van der Waals surface area contributed by atoms with Gasteiger partial charge >= 0.3 is 5.97 Å². The van der Waals surface area contributed by atoms with Gasteiger partial charge in [0.2, 0.25) is 0 Å². The van der Waals surface area contributed by atoms with Gasteiger partial charge in [0, 0.05) is 5.41 Å². The Morgan fingerprint density at radius 2 is 1.73 bits per heavy atom. The normalized spacial score (nSPS) is 17.5. The first kappa shape index (κ1) is 10.4. The highest BCUT2D eigenvalue weighted by Crippen LogP contribution is 2.33. The molecule has 0 aromatic rings. The van der Waals surface area contributed by atoms with Crippen LogP contribution in [0.4, 0.5) is 0 Å². The largest absolute Gasteiger partial charge is 0.479 e. The van der Waals surface area contributed by atoms with Crippen LogP contribution >= 0.6 is 0 Å². The minimum Gasteiger partial charge on any atom is -0.479 e. The highest BCUT2D eigenvalue weighted by atomic mass is 16.4. The summed E-state index contributed by atoms with van der Waals surface area (Å²) in [5, 5.41) is 18.4. The zero-order valence-corrected chi connectivity index (χ0v) is 7.51. The van der Waals surface area contributed by atoms with E-state index in [2.05, 4.69) is 0 Å². The molecule has 0 bridgehead atoms. The molecule has 0 fully saturated rings. The Morgan fingerprint density at radius 1 is 1.36 bits per heavy atom. The molecule has 0 aromatic heterocycles. The maximum absolute atomic E-state index is 10.6. The number of aliphatic carboxylic acids is 1. The second kappa shape index (κ2) is 2.81. The second-order valence-corrected chi connectivity index (χ2v) is 3.77. The van der Waals surface area contributed by atoms with Crippen molar-refractivity contribution >= 4 is 5.97 Å². The van der Waals surface area contributed by atoms with Crippen LogP contribution in [0.25, 0.3) is 0 Å². The summed E-state index contributed by atoms with van der Waals surface area (Å²) in [6.45, 7) is 6.80. The van der Waals surface area contributed by atoms with Crippen molar-refractivity contribution in [3.8, 4) is 0 Å². The van der Waals surface area contributed by atoms with Crippen LogP contribution in [0.5, 0.6) is 0 Å². The Kier molecular flexibility index (Phi) is 2.67. The molecule has 1 atom stereocenters. The molecule has 0 aromatic carbocycles. The fourth-order valence-electron chi connectivity index (χ4n) is 1.00. The number of hydrogen-bond acceptors (Lipinski definition) is 2. The Bertz CT molecular complexity index is 157. The fourth-order valence-corrected chi connectivity index (χ4v) is 1.00. The summed E-state index contributed by atoms with van der Waals surface area (Å²) in [6.07, 6.45) is 0.228. The molecule has 0 spiro atoms. The first-order valence-electron chi connectivity index (χ1n) is 3.71.